The SMILES string of the molecule is COc1ccc2[nH]c3c(c2c1)CN(C(=O)c1ccc2c(c1)C[C@@H](C)O2)CC3. The van der Waals surface area contributed by atoms with E-state index in [1.54, 1.807) is 7.11 Å². The third-order valence-corrected chi connectivity index (χ3v) is 5.61. The Morgan fingerprint density at radius 2 is 2.15 bits per heavy atom. The average molecular weight is 362 g/mol. The Kier molecular flexibility index (Phi) is 3.64. The first-order valence-electron chi connectivity index (χ1n) is 9.38. The highest BCUT2D eigenvalue weighted by Crippen LogP contribution is 2.32. The number of rotatable bonds is 2. The molecule has 0 unspecified atom stereocenters. The highest BCUT2D eigenvalue weighted by Gasteiger charge is 2.27. The number of methoxy groups -OCH3 is 1. The van der Waals surface area contributed by atoms with Gasteiger partial charge in [-0.15, -0.1) is 0 Å². The minimum absolute atomic E-state index is 0.0836. The van der Waals surface area contributed by atoms with E-state index in [1.165, 1.54) is 11.3 Å². The summed E-state index contributed by atoms with van der Waals surface area (Å²) in [6.07, 6.45) is 1.88. The molecule has 0 fully saturated rings. The molecule has 0 radical (unpaired) electrons. The number of carbonyl (C=O) groups is 1. The smallest absolute Gasteiger partial charge is 0.254 e. The molecule has 1 amide bonds. The number of hydrogen-bond donors (Lipinski definition) is 1. The van der Waals surface area contributed by atoms with Crippen LogP contribution in [0.15, 0.2) is 36.4 Å². The summed E-state index contributed by atoms with van der Waals surface area (Å²) in [5.74, 6) is 1.82. The number of H-pyrrole nitrogens is 1. The summed E-state index contributed by atoms with van der Waals surface area (Å²) in [5.41, 5.74) is 5.38. The molecule has 1 N–H and O–H groups in total. The molecule has 0 aliphatic carbocycles. The molecular formula is C22H22N2O3. The Balaban J connectivity index is 1.45. The van der Waals surface area contributed by atoms with E-state index in [-0.39, 0.29) is 12.0 Å². The molecule has 2 aliphatic rings. The molecule has 3 heterocycles. The number of nitrogens with zero attached hydrogens (tertiary/aromatic N) is 1. The van der Waals surface area contributed by atoms with E-state index in [2.05, 4.69) is 11.9 Å². The maximum absolute atomic E-state index is 13.1. The molecule has 0 saturated carbocycles. The fraction of sp³-hybridized carbons (Fsp3) is 0.318. The van der Waals surface area contributed by atoms with Gasteiger partial charge < -0.3 is 19.4 Å². The number of aromatic amines is 1. The van der Waals surface area contributed by atoms with Crippen LogP contribution in [0.1, 0.15) is 34.1 Å². The van der Waals surface area contributed by atoms with Crippen LogP contribution < -0.4 is 9.47 Å². The maximum atomic E-state index is 13.1. The molecule has 5 rings (SSSR count). The lowest BCUT2D eigenvalue weighted by Crippen LogP contribution is -2.35. The van der Waals surface area contributed by atoms with Crippen LogP contribution in [0.4, 0.5) is 0 Å². The van der Waals surface area contributed by atoms with E-state index in [9.17, 15) is 4.79 Å². The van der Waals surface area contributed by atoms with Crippen molar-refractivity contribution in [3.05, 3.63) is 58.8 Å². The number of fused-ring (bicyclic) bond motifs is 4. The van der Waals surface area contributed by atoms with Crippen molar-refractivity contribution in [1.29, 1.82) is 0 Å². The van der Waals surface area contributed by atoms with Gasteiger partial charge in [0, 0.05) is 53.7 Å². The molecule has 27 heavy (non-hydrogen) atoms. The number of hydrogen-bond acceptors (Lipinski definition) is 3. The first-order valence-corrected chi connectivity index (χ1v) is 9.38. The number of nitrogens with one attached hydrogen (secondary N) is 1. The van der Waals surface area contributed by atoms with Gasteiger partial charge in [-0.3, -0.25) is 4.79 Å². The zero-order valence-electron chi connectivity index (χ0n) is 15.5. The Labute approximate surface area is 157 Å². The summed E-state index contributed by atoms with van der Waals surface area (Å²) in [5, 5.41) is 1.14. The topological polar surface area (TPSA) is 54.6 Å². The zero-order chi connectivity index (χ0) is 18.5. The third-order valence-electron chi connectivity index (χ3n) is 5.61. The van der Waals surface area contributed by atoms with Crippen molar-refractivity contribution in [2.75, 3.05) is 13.7 Å². The summed E-state index contributed by atoms with van der Waals surface area (Å²) in [6.45, 7) is 3.39. The summed E-state index contributed by atoms with van der Waals surface area (Å²) in [4.78, 5) is 18.6. The Bertz CT molecular complexity index is 1050. The molecule has 0 bridgehead atoms. The molecule has 0 spiro atoms. The van der Waals surface area contributed by atoms with Crippen molar-refractivity contribution in [2.45, 2.75) is 32.4 Å². The van der Waals surface area contributed by atoms with Crippen LogP contribution in [-0.2, 0) is 19.4 Å². The van der Waals surface area contributed by atoms with Gasteiger partial charge in [-0.2, -0.15) is 0 Å². The minimum Gasteiger partial charge on any atom is -0.497 e. The van der Waals surface area contributed by atoms with Gasteiger partial charge >= 0.3 is 0 Å². The third kappa shape index (κ3) is 2.65. The van der Waals surface area contributed by atoms with Gasteiger partial charge in [-0.25, -0.2) is 0 Å². The second-order valence-corrected chi connectivity index (χ2v) is 7.43. The molecule has 5 heteroatoms. The quantitative estimate of drug-likeness (QED) is 0.756. The van der Waals surface area contributed by atoms with Crippen LogP contribution in [0.3, 0.4) is 0 Å². The van der Waals surface area contributed by atoms with Gasteiger partial charge in [0.1, 0.15) is 17.6 Å². The van der Waals surface area contributed by atoms with Crippen molar-refractivity contribution < 1.29 is 14.3 Å². The van der Waals surface area contributed by atoms with Gasteiger partial charge in [0.05, 0.1) is 7.11 Å². The van der Waals surface area contributed by atoms with Crippen molar-refractivity contribution in [3.8, 4) is 11.5 Å². The summed E-state index contributed by atoms with van der Waals surface area (Å²) >= 11 is 0. The lowest BCUT2D eigenvalue weighted by atomic mass is 10.0. The van der Waals surface area contributed by atoms with Crippen LogP contribution in [0.2, 0.25) is 0 Å². The molecule has 1 aromatic heterocycles. The predicted octanol–water partition coefficient (Wildman–Crippen LogP) is 3.70. The van der Waals surface area contributed by atoms with Gasteiger partial charge in [0.2, 0.25) is 0 Å². The lowest BCUT2D eigenvalue weighted by Gasteiger charge is -2.27. The predicted molar refractivity (Wildman–Crippen MR) is 104 cm³/mol. The molecule has 5 nitrogen and oxygen atoms in total. The molecule has 2 aromatic carbocycles. The van der Waals surface area contributed by atoms with E-state index in [4.69, 9.17) is 9.47 Å². The Morgan fingerprint density at radius 3 is 3.00 bits per heavy atom. The van der Waals surface area contributed by atoms with E-state index in [1.807, 2.05) is 41.3 Å². The van der Waals surface area contributed by atoms with Crippen LogP contribution in [-0.4, -0.2) is 35.5 Å². The minimum atomic E-state index is 0.0836. The van der Waals surface area contributed by atoms with Crippen LogP contribution in [0.5, 0.6) is 11.5 Å². The van der Waals surface area contributed by atoms with Gasteiger partial charge in [-0.1, -0.05) is 0 Å². The second kappa shape index (κ2) is 6.05. The Morgan fingerprint density at radius 1 is 1.26 bits per heavy atom. The molecule has 2 aliphatic heterocycles. The summed E-state index contributed by atoms with van der Waals surface area (Å²) in [6, 6.07) is 11.9. The van der Waals surface area contributed by atoms with Crippen molar-refractivity contribution in [1.82, 2.24) is 9.88 Å². The van der Waals surface area contributed by atoms with E-state index in [0.29, 0.717) is 6.54 Å². The Hall–Kier alpha value is -2.95. The number of carbonyl (C=O) groups excluding carboxylic acids is 1. The van der Waals surface area contributed by atoms with Crippen LogP contribution in [0.25, 0.3) is 10.9 Å². The van der Waals surface area contributed by atoms with Gasteiger partial charge in [0.15, 0.2) is 0 Å². The largest absolute Gasteiger partial charge is 0.497 e. The van der Waals surface area contributed by atoms with Gasteiger partial charge in [-0.05, 0) is 48.9 Å². The first kappa shape index (κ1) is 16.2. The van der Waals surface area contributed by atoms with E-state index < -0.39 is 0 Å². The van der Waals surface area contributed by atoms with E-state index >= 15 is 0 Å². The summed E-state index contributed by atoms with van der Waals surface area (Å²) in [7, 11) is 1.68. The first-order chi connectivity index (χ1) is 13.1. The molecule has 138 valence electrons. The van der Waals surface area contributed by atoms with Crippen molar-refractivity contribution in [2.24, 2.45) is 0 Å². The summed E-state index contributed by atoms with van der Waals surface area (Å²) < 4.78 is 11.1. The standard InChI is InChI=1S/C22H22N2O3/c1-13-9-15-10-14(3-6-21(15)27-13)22(25)24-8-7-20-18(12-24)17-11-16(26-2)4-5-19(17)23-20/h3-6,10-11,13,23H,7-9,12H2,1-2H3/t13-/m1/s1. The normalized spacial score (nSPS) is 18.1. The molecule has 0 saturated heterocycles. The monoisotopic (exact) mass is 362 g/mol. The number of amides is 1. The zero-order valence-corrected chi connectivity index (χ0v) is 15.5. The second-order valence-electron chi connectivity index (χ2n) is 7.43. The molecular weight excluding hydrogens is 340 g/mol. The van der Waals surface area contributed by atoms with Crippen LogP contribution in [0, 0.1) is 0 Å². The number of aromatic nitrogens is 1. The fourth-order valence-corrected chi connectivity index (χ4v) is 4.23. The highest BCUT2D eigenvalue weighted by molar-refractivity contribution is 5.95. The number of ether oxygens (including phenoxy) is 2. The number of benzene rings is 2. The van der Waals surface area contributed by atoms with E-state index in [0.717, 1.165) is 52.9 Å². The maximum Gasteiger partial charge on any atom is 0.254 e. The average Bonchev–Trinajstić information content (AvgIpc) is 3.24. The molecule has 3 aromatic rings. The van der Waals surface area contributed by atoms with Crippen molar-refractivity contribution in [3.63, 3.8) is 0 Å². The van der Waals surface area contributed by atoms with Gasteiger partial charge in [0.25, 0.3) is 5.91 Å². The fourth-order valence-electron chi connectivity index (χ4n) is 4.23. The molecule has 1 atom stereocenters. The van der Waals surface area contributed by atoms with Crippen molar-refractivity contribution >= 4 is 16.8 Å². The van der Waals surface area contributed by atoms with Crippen LogP contribution >= 0.6 is 0 Å². The highest BCUT2D eigenvalue weighted by atomic mass is 16.5. The lowest BCUT2D eigenvalue weighted by molar-refractivity contribution is 0.0735.